The third-order valence-corrected chi connectivity index (χ3v) is 7.45. The largest absolute Gasteiger partial charge is 0.481 e. The second-order valence-corrected chi connectivity index (χ2v) is 11.7. The number of morpholine rings is 1. The summed E-state index contributed by atoms with van der Waals surface area (Å²) in [4.78, 5) is 25.3. The molecule has 36 heavy (non-hydrogen) atoms. The third-order valence-electron chi connectivity index (χ3n) is 4.84. The minimum Gasteiger partial charge on any atom is -0.481 e. The Kier molecular flexibility index (Phi) is 9.34. The fraction of sp³-hybridized carbons (Fsp3) is 0.542. The lowest BCUT2D eigenvalue weighted by Crippen LogP contribution is -2.59. The Bertz CT molecular complexity index is 1150. The number of hydrogen-bond donors (Lipinski definition) is 0. The van der Waals surface area contributed by atoms with Gasteiger partial charge in [0, 0.05) is 7.05 Å². The summed E-state index contributed by atoms with van der Waals surface area (Å²) in [7, 11) is -1.28. The highest BCUT2D eigenvalue weighted by Gasteiger charge is 2.46. The van der Waals surface area contributed by atoms with E-state index in [-0.39, 0.29) is 29.6 Å². The first-order chi connectivity index (χ1) is 16.6. The molecular weight excluding hydrogens is 508 g/mol. The molecule has 0 saturated carbocycles. The van der Waals surface area contributed by atoms with Crippen LogP contribution < -0.4 is 4.74 Å². The number of hydrogen-bond acceptors (Lipinski definition) is 9. The summed E-state index contributed by atoms with van der Waals surface area (Å²) in [5, 5.41) is 0. The van der Waals surface area contributed by atoms with Crippen LogP contribution >= 0.6 is 12.2 Å². The first-order valence-electron chi connectivity index (χ1n) is 11.0. The molecule has 1 aliphatic heterocycles. The maximum absolute atomic E-state index is 13.3. The highest BCUT2D eigenvalue weighted by atomic mass is 32.2. The molecule has 1 fully saturated rings. The minimum atomic E-state index is -4.06. The van der Waals surface area contributed by atoms with E-state index in [1.165, 1.54) is 36.3 Å². The Balaban J connectivity index is 2.02. The number of rotatable bonds is 6. The van der Waals surface area contributed by atoms with Crippen LogP contribution in [0.3, 0.4) is 0 Å². The normalized spacial score (nSPS) is 17.5. The highest BCUT2D eigenvalue weighted by molar-refractivity contribution is 7.91. The number of carbonyl (C=O) groups excluding carboxylic acids is 2. The maximum atomic E-state index is 13.3. The summed E-state index contributed by atoms with van der Waals surface area (Å²) < 4.78 is 48.7. The number of sulfonamides is 1. The van der Waals surface area contributed by atoms with Crippen molar-refractivity contribution in [1.29, 1.82) is 0 Å². The highest BCUT2D eigenvalue weighted by Crippen LogP contribution is 2.30. The van der Waals surface area contributed by atoms with Crippen molar-refractivity contribution in [2.45, 2.75) is 56.8 Å². The molecule has 1 atom stereocenters. The van der Waals surface area contributed by atoms with Gasteiger partial charge in [-0.25, -0.2) is 18.0 Å². The van der Waals surface area contributed by atoms with Gasteiger partial charge >= 0.3 is 12.1 Å². The molecule has 0 N–H and O–H groups in total. The second kappa shape index (κ2) is 11.5. The van der Waals surface area contributed by atoms with Gasteiger partial charge in [0.05, 0.1) is 25.1 Å². The zero-order valence-corrected chi connectivity index (χ0v) is 23.1. The van der Waals surface area contributed by atoms with Crippen LogP contribution in [-0.2, 0) is 29.0 Å². The first kappa shape index (κ1) is 29.4. The zero-order valence-electron chi connectivity index (χ0n) is 21.5. The van der Waals surface area contributed by atoms with E-state index < -0.39 is 39.4 Å². The van der Waals surface area contributed by atoms with E-state index in [0.717, 1.165) is 4.31 Å². The van der Waals surface area contributed by atoms with Crippen LogP contribution in [0.5, 0.6) is 5.75 Å². The van der Waals surface area contributed by atoms with E-state index in [4.69, 9.17) is 31.2 Å². The quantitative estimate of drug-likeness (QED) is 0.305. The monoisotopic (exact) mass is 540 g/mol. The maximum Gasteiger partial charge on any atom is 0.410 e. The number of carbonyl (C=O) groups is 2. The van der Waals surface area contributed by atoms with Crippen LogP contribution in [-0.4, -0.2) is 85.8 Å². The summed E-state index contributed by atoms with van der Waals surface area (Å²) in [6.45, 7) is 8.45. The van der Waals surface area contributed by atoms with Crippen molar-refractivity contribution in [3.63, 3.8) is 0 Å². The SMILES string of the molecule is COC(=O)C1CN(S(=O)(=O)c2ccc(OCC#CCN(C)C(=O)OC(C)(C)C)cc2)C(=S)C(C)(C)O1. The van der Waals surface area contributed by atoms with E-state index in [1.807, 2.05) is 0 Å². The lowest BCUT2D eigenvalue weighted by molar-refractivity contribution is -0.162. The summed E-state index contributed by atoms with van der Waals surface area (Å²) in [6, 6.07) is 5.75. The second-order valence-electron chi connectivity index (χ2n) is 9.43. The van der Waals surface area contributed by atoms with E-state index >= 15 is 0 Å². The Hall–Kier alpha value is -2.88. The van der Waals surface area contributed by atoms with Crippen molar-refractivity contribution in [3.8, 4) is 17.6 Å². The molecule has 12 heteroatoms. The number of ether oxygens (including phenoxy) is 4. The molecule has 1 heterocycles. The predicted octanol–water partition coefficient (Wildman–Crippen LogP) is 2.60. The van der Waals surface area contributed by atoms with Crippen LogP contribution in [0.4, 0.5) is 4.79 Å². The Morgan fingerprint density at radius 3 is 2.39 bits per heavy atom. The summed E-state index contributed by atoms with van der Waals surface area (Å²) in [6.07, 6.45) is -1.59. The Morgan fingerprint density at radius 1 is 1.22 bits per heavy atom. The van der Waals surface area contributed by atoms with Crippen molar-refractivity contribution in [2.24, 2.45) is 0 Å². The molecule has 1 aliphatic rings. The fourth-order valence-electron chi connectivity index (χ4n) is 3.02. The zero-order chi connectivity index (χ0) is 27.3. The van der Waals surface area contributed by atoms with Gasteiger partial charge in [0.15, 0.2) is 6.10 Å². The molecule has 1 amide bonds. The van der Waals surface area contributed by atoms with Gasteiger partial charge in [-0.15, -0.1) is 0 Å². The van der Waals surface area contributed by atoms with Crippen molar-refractivity contribution in [3.05, 3.63) is 24.3 Å². The van der Waals surface area contributed by atoms with Gasteiger partial charge in [-0.1, -0.05) is 24.1 Å². The average Bonchev–Trinajstić information content (AvgIpc) is 2.78. The molecule has 2 rings (SSSR count). The van der Waals surface area contributed by atoms with Gasteiger partial charge in [0.2, 0.25) is 0 Å². The number of thiocarbonyl (C=S) groups is 1. The average molecular weight is 541 g/mol. The molecule has 1 aromatic carbocycles. The molecule has 1 aromatic rings. The Morgan fingerprint density at radius 2 is 1.83 bits per heavy atom. The van der Waals surface area contributed by atoms with Crippen LogP contribution in [0.2, 0.25) is 0 Å². The van der Waals surface area contributed by atoms with Gasteiger partial charge < -0.3 is 23.8 Å². The van der Waals surface area contributed by atoms with E-state index in [0.29, 0.717) is 5.75 Å². The topological polar surface area (TPSA) is 112 Å². The van der Waals surface area contributed by atoms with Crippen LogP contribution in [0.1, 0.15) is 34.6 Å². The number of benzene rings is 1. The molecule has 0 radical (unpaired) electrons. The van der Waals surface area contributed by atoms with Crippen LogP contribution in [0.15, 0.2) is 29.2 Å². The van der Waals surface area contributed by atoms with Crippen LogP contribution in [0, 0.1) is 11.8 Å². The molecule has 10 nitrogen and oxygen atoms in total. The molecule has 198 valence electrons. The lowest BCUT2D eigenvalue weighted by atomic mass is 10.1. The van der Waals surface area contributed by atoms with E-state index in [9.17, 15) is 18.0 Å². The third kappa shape index (κ3) is 7.56. The smallest absolute Gasteiger partial charge is 0.410 e. The summed E-state index contributed by atoms with van der Waals surface area (Å²) >= 11 is 5.35. The van der Waals surface area contributed by atoms with Crippen molar-refractivity contribution in [1.82, 2.24) is 9.21 Å². The van der Waals surface area contributed by atoms with Gasteiger partial charge in [0.25, 0.3) is 10.0 Å². The molecule has 1 unspecified atom stereocenters. The first-order valence-corrected chi connectivity index (χ1v) is 12.9. The van der Waals surface area contributed by atoms with Crippen molar-refractivity contribution < 1.29 is 37.0 Å². The molecule has 0 aliphatic carbocycles. The molecule has 0 aromatic heterocycles. The summed E-state index contributed by atoms with van der Waals surface area (Å²) in [5.74, 6) is 5.32. The molecule has 0 spiro atoms. The fourth-order valence-corrected chi connectivity index (χ4v) is 4.94. The number of esters is 1. The standard InChI is InChI=1S/C24H32N2O8S2/c1-23(2,3)34-22(28)25(6)14-8-9-15-32-17-10-12-18(13-11-17)36(29,30)26-16-19(20(27)31-7)33-24(4,5)21(26)35/h10-13,19H,14-16H2,1-7H3. The lowest BCUT2D eigenvalue weighted by Gasteiger charge is -2.42. The summed E-state index contributed by atoms with van der Waals surface area (Å²) in [5.41, 5.74) is -1.76. The van der Waals surface area contributed by atoms with Gasteiger partial charge in [-0.3, -0.25) is 4.31 Å². The predicted molar refractivity (Wildman–Crippen MR) is 136 cm³/mol. The van der Waals surface area contributed by atoms with Crippen LogP contribution in [0.25, 0.3) is 0 Å². The van der Waals surface area contributed by atoms with E-state index in [2.05, 4.69) is 11.8 Å². The number of amides is 1. The van der Waals surface area contributed by atoms with Gasteiger partial charge in [-0.05, 0) is 58.9 Å². The van der Waals surface area contributed by atoms with Gasteiger partial charge in [-0.2, -0.15) is 0 Å². The molecule has 0 bridgehead atoms. The van der Waals surface area contributed by atoms with Crippen molar-refractivity contribution >= 4 is 39.3 Å². The minimum absolute atomic E-state index is 0.0245. The number of nitrogens with zero attached hydrogens (tertiary/aromatic N) is 2. The Labute approximate surface area is 217 Å². The molecular formula is C24H32N2O8S2. The molecule has 1 saturated heterocycles. The van der Waals surface area contributed by atoms with Gasteiger partial charge in [0.1, 0.15) is 28.5 Å². The van der Waals surface area contributed by atoms with E-state index in [1.54, 1.807) is 41.7 Å². The number of methoxy groups -OCH3 is 1. The van der Waals surface area contributed by atoms with Crippen molar-refractivity contribution in [2.75, 3.05) is 33.9 Å².